The van der Waals surface area contributed by atoms with Gasteiger partial charge < -0.3 is 17.7 Å². The third-order valence-electron chi connectivity index (χ3n) is 4.73. The molecule has 2 atom stereocenters. The maximum absolute atomic E-state index is 5.77. The van der Waals surface area contributed by atoms with E-state index in [0.717, 1.165) is 0 Å². The van der Waals surface area contributed by atoms with Gasteiger partial charge in [0.15, 0.2) is 0 Å². The summed E-state index contributed by atoms with van der Waals surface area (Å²) in [6.45, 7) is 4.33. The zero-order valence-electron chi connectivity index (χ0n) is 12.6. The highest BCUT2D eigenvalue weighted by molar-refractivity contribution is 6.74. The van der Waals surface area contributed by atoms with Crippen molar-refractivity contribution in [3.8, 4) is 0 Å². The van der Waals surface area contributed by atoms with Gasteiger partial charge in [-0.2, -0.15) is 0 Å². The Kier molecular flexibility index (Phi) is 6.01. The van der Waals surface area contributed by atoms with Gasteiger partial charge >= 0.3 is 17.1 Å². The molecule has 0 N–H and O–H groups in total. The first-order valence-corrected chi connectivity index (χ1v) is 11.5. The first-order chi connectivity index (χ1) is 8.47. The lowest BCUT2D eigenvalue weighted by atomic mass is 9.99. The van der Waals surface area contributed by atoms with Gasteiger partial charge in [-0.1, -0.05) is 12.8 Å². The molecule has 1 fully saturated rings. The van der Waals surface area contributed by atoms with Crippen molar-refractivity contribution in [1.29, 1.82) is 0 Å². The van der Waals surface area contributed by atoms with Crippen molar-refractivity contribution in [1.82, 2.24) is 0 Å². The maximum Gasteiger partial charge on any atom is 0.337 e. The first-order valence-electron chi connectivity index (χ1n) is 6.68. The lowest BCUT2D eigenvalue weighted by Gasteiger charge is -2.45. The quantitative estimate of drug-likeness (QED) is 0.705. The van der Waals surface area contributed by atoms with Crippen LogP contribution in [0.4, 0.5) is 0 Å². The van der Waals surface area contributed by atoms with E-state index >= 15 is 0 Å². The summed E-state index contributed by atoms with van der Waals surface area (Å²) in [6, 6.07) is 0. The Labute approximate surface area is 113 Å². The summed E-state index contributed by atoms with van der Waals surface area (Å²) in [7, 11) is 2.86. The number of hydrogen-bond donors (Lipinski definition) is 0. The van der Waals surface area contributed by atoms with Crippen LogP contribution >= 0.6 is 0 Å². The predicted molar refractivity (Wildman–Crippen MR) is 77.2 cm³/mol. The van der Waals surface area contributed by atoms with Crippen LogP contribution in [0.2, 0.25) is 24.2 Å². The number of hydrogen-bond acceptors (Lipinski definition) is 4. The molecule has 6 heteroatoms. The van der Waals surface area contributed by atoms with Gasteiger partial charge in [-0.05, 0) is 25.9 Å². The molecule has 108 valence electrons. The zero-order chi connectivity index (χ0) is 13.8. The Morgan fingerprint density at radius 3 is 1.17 bits per heavy atom. The number of rotatable bonds is 6. The van der Waals surface area contributed by atoms with Crippen LogP contribution in [0.1, 0.15) is 25.7 Å². The van der Waals surface area contributed by atoms with Crippen molar-refractivity contribution in [3.63, 3.8) is 0 Å². The van der Waals surface area contributed by atoms with Gasteiger partial charge in [0.2, 0.25) is 0 Å². The molecule has 0 bridgehead atoms. The lowest BCUT2D eigenvalue weighted by molar-refractivity contribution is 0.194. The SMILES string of the molecule is CO[Si](C)(OC)C1CCCCC1[Si](C)(OC)OC. The van der Waals surface area contributed by atoms with Gasteiger partial charge in [0.05, 0.1) is 0 Å². The normalized spacial score (nSPS) is 26.3. The molecule has 0 aromatic heterocycles. The third kappa shape index (κ3) is 3.05. The Morgan fingerprint density at radius 1 is 0.667 bits per heavy atom. The van der Waals surface area contributed by atoms with E-state index < -0.39 is 17.1 Å². The molecular weight excluding hydrogens is 264 g/mol. The second kappa shape index (κ2) is 6.63. The van der Waals surface area contributed by atoms with Gasteiger partial charge in [-0.25, -0.2) is 0 Å². The fourth-order valence-corrected chi connectivity index (χ4v) is 9.77. The molecule has 0 aliphatic heterocycles. The molecule has 0 radical (unpaired) electrons. The van der Waals surface area contributed by atoms with Crippen LogP contribution in [0.5, 0.6) is 0 Å². The van der Waals surface area contributed by atoms with Gasteiger partial charge in [0.1, 0.15) is 0 Å². The minimum atomic E-state index is -2.13. The molecule has 1 rings (SSSR count). The van der Waals surface area contributed by atoms with Crippen molar-refractivity contribution in [2.45, 2.75) is 49.9 Å². The van der Waals surface area contributed by atoms with E-state index in [9.17, 15) is 0 Å². The Morgan fingerprint density at radius 2 is 0.944 bits per heavy atom. The van der Waals surface area contributed by atoms with Crippen LogP contribution in [0.3, 0.4) is 0 Å². The maximum atomic E-state index is 5.77. The summed E-state index contributed by atoms with van der Waals surface area (Å²) in [6.07, 6.45) is 4.86. The monoisotopic (exact) mass is 292 g/mol. The highest BCUT2D eigenvalue weighted by atomic mass is 28.4. The van der Waals surface area contributed by atoms with Crippen LogP contribution in [0.15, 0.2) is 0 Å². The van der Waals surface area contributed by atoms with E-state index in [2.05, 4.69) is 13.1 Å². The predicted octanol–water partition coefficient (Wildman–Crippen LogP) is 3.03. The minimum Gasteiger partial charge on any atom is -0.398 e. The van der Waals surface area contributed by atoms with Crippen molar-refractivity contribution in [3.05, 3.63) is 0 Å². The Hall–Kier alpha value is 0.274. The van der Waals surface area contributed by atoms with Gasteiger partial charge in [0.25, 0.3) is 0 Å². The van der Waals surface area contributed by atoms with E-state index in [4.69, 9.17) is 17.7 Å². The largest absolute Gasteiger partial charge is 0.398 e. The van der Waals surface area contributed by atoms with Crippen LogP contribution in [0, 0.1) is 0 Å². The van der Waals surface area contributed by atoms with Gasteiger partial charge in [-0.3, -0.25) is 0 Å². The third-order valence-corrected chi connectivity index (χ3v) is 12.4. The van der Waals surface area contributed by atoms with E-state index in [1.165, 1.54) is 25.7 Å². The molecule has 0 aromatic rings. The molecule has 0 amide bonds. The summed E-state index contributed by atoms with van der Waals surface area (Å²) in [4.78, 5) is 0. The molecule has 0 aromatic carbocycles. The van der Waals surface area contributed by atoms with Crippen molar-refractivity contribution < 1.29 is 17.7 Å². The second-order valence-corrected chi connectivity index (χ2v) is 12.5. The second-order valence-electron chi connectivity index (χ2n) is 5.35. The van der Waals surface area contributed by atoms with Crippen LogP contribution in [0.25, 0.3) is 0 Å². The summed E-state index contributed by atoms with van der Waals surface area (Å²) in [5.41, 5.74) is 0.940. The van der Waals surface area contributed by atoms with Gasteiger partial charge in [0, 0.05) is 39.5 Å². The average molecular weight is 293 g/mol. The standard InChI is InChI=1S/C12H28O4Si2/c1-13-17(5,14-2)11-9-7-8-10-12(11)18(6,15-3)16-4/h11-12H,7-10H2,1-6H3. The average Bonchev–Trinajstić information content (AvgIpc) is 2.45. The summed E-state index contributed by atoms with van der Waals surface area (Å²) >= 11 is 0. The fourth-order valence-electron chi connectivity index (χ4n) is 3.16. The molecule has 0 heterocycles. The summed E-state index contributed by atoms with van der Waals surface area (Å²) in [5.74, 6) is 0. The molecule has 1 saturated carbocycles. The van der Waals surface area contributed by atoms with E-state index in [1.54, 1.807) is 28.4 Å². The molecule has 0 saturated heterocycles. The van der Waals surface area contributed by atoms with E-state index in [1.807, 2.05) is 0 Å². The molecule has 0 spiro atoms. The smallest absolute Gasteiger partial charge is 0.337 e. The molecule has 4 nitrogen and oxygen atoms in total. The van der Waals surface area contributed by atoms with E-state index in [-0.39, 0.29) is 0 Å². The minimum absolute atomic E-state index is 0.470. The first kappa shape index (κ1) is 16.3. The van der Waals surface area contributed by atoms with Crippen molar-refractivity contribution >= 4 is 17.1 Å². The topological polar surface area (TPSA) is 36.9 Å². The lowest BCUT2D eigenvalue weighted by Crippen LogP contribution is -2.53. The Balaban J connectivity index is 2.99. The van der Waals surface area contributed by atoms with Crippen molar-refractivity contribution in [2.24, 2.45) is 0 Å². The van der Waals surface area contributed by atoms with Crippen LogP contribution < -0.4 is 0 Å². The summed E-state index contributed by atoms with van der Waals surface area (Å²) < 4.78 is 23.1. The molecule has 1 aliphatic rings. The Bertz CT molecular complexity index is 228. The summed E-state index contributed by atoms with van der Waals surface area (Å²) in [5, 5.41) is 0. The zero-order valence-corrected chi connectivity index (χ0v) is 14.6. The molecule has 2 unspecified atom stereocenters. The van der Waals surface area contributed by atoms with E-state index in [0.29, 0.717) is 11.1 Å². The molecule has 1 aliphatic carbocycles. The van der Waals surface area contributed by atoms with Crippen LogP contribution in [-0.4, -0.2) is 45.6 Å². The van der Waals surface area contributed by atoms with Gasteiger partial charge in [-0.15, -0.1) is 0 Å². The highest BCUT2D eigenvalue weighted by Gasteiger charge is 2.53. The van der Waals surface area contributed by atoms with Crippen molar-refractivity contribution in [2.75, 3.05) is 28.4 Å². The fraction of sp³-hybridized carbons (Fsp3) is 1.00. The van der Waals surface area contributed by atoms with Crippen LogP contribution in [-0.2, 0) is 17.7 Å². The highest BCUT2D eigenvalue weighted by Crippen LogP contribution is 2.50. The molecule has 18 heavy (non-hydrogen) atoms. The molecular formula is C12H28O4Si2.